The Kier molecular flexibility index (Phi) is 4.38. The first-order chi connectivity index (χ1) is 8.36. The van der Waals surface area contributed by atoms with Crippen molar-refractivity contribution in [3.63, 3.8) is 0 Å². The molecule has 98 valence electrons. The average Bonchev–Trinajstić information content (AvgIpc) is 2.26. The predicted octanol–water partition coefficient (Wildman–Crippen LogP) is 2.63. The molecule has 0 aliphatic carbocycles. The first-order valence-corrected chi connectivity index (χ1v) is 4.95. The van der Waals surface area contributed by atoms with Gasteiger partial charge < -0.3 is 9.84 Å². The average molecular weight is 282 g/mol. The molecule has 1 aromatic rings. The molecule has 0 unspecified atom stereocenters. The minimum Gasteiger partial charge on any atom is -0.477 e. The van der Waals surface area contributed by atoms with Gasteiger partial charge in [0.15, 0.2) is 0 Å². The normalized spacial score (nSPS) is 10.4. The van der Waals surface area contributed by atoms with E-state index in [1.54, 1.807) is 0 Å². The van der Waals surface area contributed by atoms with Crippen LogP contribution in [-0.4, -0.2) is 22.6 Å². The summed E-state index contributed by atoms with van der Waals surface area (Å²) in [6.45, 7) is -3.31. The van der Waals surface area contributed by atoms with Crippen LogP contribution in [0.25, 0.3) is 0 Å². The Hall–Kier alpha value is -1.96. The van der Waals surface area contributed by atoms with Gasteiger partial charge in [-0.2, -0.15) is 8.78 Å². The second-order valence-electron chi connectivity index (χ2n) is 3.06. The van der Waals surface area contributed by atoms with E-state index >= 15 is 0 Å². The molecular weight excluding hydrogens is 276 g/mol. The largest absolute Gasteiger partial charge is 0.477 e. The van der Waals surface area contributed by atoms with Crippen LogP contribution in [0.5, 0.6) is 5.75 Å². The second-order valence-corrected chi connectivity index (χ2v) is 3.33. The molecule has 0 heterocycles. The number of hydrogen-bond acceptors (Lipinski definition) is 4. The lowest BCUT2D eigenvalue weighted by Gasteiger charge is -2.08. The lowest BCUT2D eigenvalue weighted by Crippen LogP contribution is -2.09. The van der Waals surface area contributed by atoms with Crippen molar-refractivity contribution in [2.75, 3.05) is 0 Å². The van der Waals surface area contributed by atoms with E-state index in [9.17, 15) is 23.7 Å². The molecule has 9 heteroatoms. The maximum atomic E-state index is 12.1. The molecule has 0 aliphatic heterocycles. The van der Waals surface area contributed by atoms with Gasteiger partial charge in [0, 0.05) is 5.88 Å². The van der Waals surface area contributed by atoms with Gasteiger partial charge in [0.1, 0.15) is 5.56 Å². The summed E-state index contributed by atoms with van der Waals surface area (Å²) in [5.41, 5.74) is -1.67. The predicted molar refractivity (Wildman–Crippen MR) is 56.2 cm³/mol. The number of rotatable bonds is 5. The summed E-state index contributed by atoms with van der Waals surface area (Å²) in [7, 11) is 0. The van der Waals surface area contributed by atoms with Crippen LogP contribution in [0.1, 0.15) is 15.9 Å². The topological polar surface area (TPSA) is 89.7 Å². The van der Waals surface area contributed by atoms with E-state index < -0.39 is 34.5 Å². The summed E-state index contributed by atoms with van der Waals surface area (Å²) in [6, 6.07) is 1.84. The van der Waals surface area contributed by atoms with Gasteiger partial charge in [0.25, 0.3) is 0 Å². The quantitative estimate of drug-likeness (QED) is 0.509. The van der Waals surface area contributed by atoms with Crippen molar-refractivity contribution in [3.05, 3.63) is 33.4 Å². The number of nitro benzene ring substituents is 1. The van der Waals surface area contributed by atoms with E-state index in [0.29, 0.717) is 0 Å². The van der Waals surface area contributed by atoms with Crippen LogP contribution in [-0.2, 0) is 5.88 Å². The van der Waals surface area contributed by atoms with Crippen molar-refractivity contribution in [1.82, 2.24) is 0 Å². The first kappa shape index (κ1) is 14.1. The van der Waals surface area contributed by atoms with E-state index in [0.717, 1.165) is 12.1 Å². The number of halogens is 3. The van der Waals surface area contributed by atoms with Crippen LogP contribution in [0, 0.1) is 10.1 Å². The molecule has 0 saturated heterocycles. The molecule has 0 fully saturated rings. The molecule has 0 atom stereocenters. The Bertz CT molecular complexity index is 494. The van der Waals surface area contributed by atoms with E-state index in [1.165, 1.54) is 0 Å². The number of hydrogen-bond donors (Lipinski definition) is 1. The van der Waals surface area contributed by atoms with Crippen LogP contribution < -0.4 is 4.74 Å². The second kappa shape index (κ2) is 5.58. The third-order valence-corrected chi connectivity index (χ3v) is 2.23. The van der Waals surface area contributed by atoms with Crippen molar-refractivity contribution < 1.29 is 28.3 Å². The number of ether oxygens (including phenoxy) is 1. The maximum Gasteiger partial charge on any atom is 0.387 e. The summed E-state index contributed by atoms with van der Waals surface area (Å²) in [5.74, 6) is -2.66. The Morgan fingerprint density at radius 1 is 1.56 bits per heavy atom. The number of nitrogens with zero attached hydrogens (tertiary/aromatic N) is 1. The van der Waals surface area contributed by atoms with E-state index in [4.69, 9.17) is 16.7 Å². The Morgan fingerprint density at radius 3 is 2.56 bits per heavy atom. The van der Waals surface area contributed by atoms with Gasteiger partial charge in [-0.15, -0.1) is 11.6 Å². The lowest BCUT2D eigenvalue weighted by molar-refractivity contribution is -0.386. The Labute approximate surface area is 104 Å². The van der Waals surface area contributed by atoms with Crippen LogP contribution >= 0.6 is 11.6 Å². The lowest BCUT2D eigenvalue weighted by atomic mass is 10.1. The molecule has 1 rings (SSSR count). The summed E-state index contributed by atoms with van der Waals surface area (Å²) >= 11 is 5.44. The zero-order valence-corrected chi connectivity index (χ0v) is 9.36. The van der Waals surface area contributed by atoms with Gasteiger partial charge in [-0.3, -0.25) is 10.1 Å². The van der Waals surface area contributed by atoms with Crippen molar-refractivity contribution >= 4 is 23.3 Å². The number of carbonyl (C=O) groups is 1. The standard InChI is InChI=1S/C9H6ClF2NO5/c10-3-4-1-5(8(14)15)7(13(16)17)6(2-4)18-9(11)12/h1-2,9H,3H2,(H,14,15). The monoisotopic (exact) mass is 281 g/mol. The molecule has 0 radical (unpaired) electrons. The summed E-state index contributed by atoms with van der Waals surface area (Å²) in [5, 5.41) is 19.5. The van der Waals surface area contributed by atoms with Gasteiger partial charge >= 0.3 is 18.3 Å². The zero-order chi connectivity index (χ0) is 13.9. The molecule has 1 N–H and O–H groups in total. The molecule has 0 aromatic heterocycles. The molecular formula is C9H6ClF2NO5. The highest BCUT2D eigenvalue weighted by Gasteiger charge is 2.28. The van der Waals surface area contributed by atoms with Crippen LogP contribution in [0.2, 0.25) is 0 Å². The molecule has 0 spiro atoms. The fourth-order valence-electron chi connectivity index (χ4n) is 1.28. The van der Waals surface area contributed by atoms with E-state index in [1.807, 2.05) is 0 Å². The number of alkyl halides is 3. The third kappa shape index (κ3) is 3.04. The van der Waals surface area contributed by atoms with Crippen LogP contribution in [0.15, 0.2) is 12.1 Å². The third-order valence-electron chi connectivity index (χ3n) is 1.92. The molecule has 0 aliphatic rings. The van der Waals surface area contributed by atoms with Gasteiger partial charge in [-0.1, -0.05) is 0 Å². The number of nitro groups is 1. The SMILES string of the molecule is O=C(O)c1cc(CCl)cc(OC(F)F)c1[N+](=O)[O-]. The van der Waals surface area contributed by atoms with Crippen molar-refractivity contribution in [2.24, 2.45) is 0 Å². The molecule has 0 bridgehead atoms. The van der Waals surface area contributed by atoms with E-state index in [2.05, 4.69) is 4.74 Å². The molecule has 0 amide bonds. The van der Waals surface area contributed by atoms with E-state index in [-0.39, 0.29) is 11.4 Å². The Morgan fingerprint density at radius 2 is 2.17 bits per heavy atom. The van der Waals surface area contributed by atoms with Gasteiger partial charge in [-0.25, -0.2) is 4.79 Å². The summed E-state index contributed by atoms with van der Waals surface area (Å²) < 4.78 is 28.2. The number of aromatic carboxylic acids is 1. The van der Waals surface area contributed by atoms with Gasteiger partial charge in [0.05, 0.1) is 4.92 Å². The van der Waals surface area contributed by atoms with Crippen molar-refractivity contribution in [3.8, 4) is 5.75 Å². The fourth-order valence-corrected chi connectivity index (χ4v) is 1.43. The smallest absolute Gasteiger partial charge is 0.387 e. The molecule has 6 nitrogen and oxygen atoms in total. The molecule has 1 aromatic carbocycles. The fraction of sp³-hybridized carbons (Fsp3) is 0.222. The first-order valence-electron chi connectivity index (χ1n) is 4.42. The zero-order valence-electron chi connectivity index (χ0n) is 8.60. The number of benzene rings is 1. The van der Waals surface area contributed by atoms with Crippen LogP contribution in [0.4, 0.5) is 14.5 Å². The number of carboxylic acids is 1. The minimum atomic E-state index is -3.31. The van der Waals surface area contributed by atoms with Crippen LogP contribution in [0.3, 0.4) is 0 Å². The van der Waals surface area contributed by atoms with Gasteiger partial charge in [-0.05, 0) is 17.7 Å². The van der Waals surface area contributed by atoms with Crippen molar-refractivity contribution in [1.29, 1.82) is 0 Å². The summed E-state index contributed by atoms with van der Waals surface area (Å²) in [6.07, 6.45) is 0. The highest BCUT2D eigenvalue weighted by molar-refractivity contribution is 6.17. The maximum absolute atomic E-state index is 12.1. The summed E-state index contributed by atoms with van der Waals surface area (Å²) in [4.78, 5) is 20.5. The highest BCUT2D eigenvalue weighted by atomic mass is 35.5. The Balaban J connectivity index is 3.49. The van der Waals surface area contributed by atoms with Crippen molar-refractivity contribution in [2.45, 2.75) is 12.5 Å². The molecule has 18 heavy (non-hydrogen) atoms. The number of carboxylic acid groups (broad SMARTS) is 1. The highest BCUT2D eigenvalue weighted by Crippen LogP contribution is 2.34. The van der Waals surface area contributed by atoms with Gasteiger partial charge in [0.2, 0.25) is 5.75 Å². The minimum absolute atomic E-state index is 0.121. The molecule has 0 saturated carbocycles.